The van der Waals surface area contributed by atoms with E-state index in [1.165, 1.54) is 0 Å². The normalized spacial score (nSPS) is 15.9. The zero-order valence-electron chi connectivity index (χ0n) is 9.01. The Morgan fingerprint density at radius 1 is 1.29 bits per heavy atom. The summed E-state index contributed by atoms with van der Waals surface area (Å²) in [6, 6.07) is 1.90. The van der Waals surface area contributed by atoms with Crippen molar-refractivity contribution in [3.63, 3.8) is 0 Å². The van der Waals surface area contributed by atoms with E-state index in [0.717, 1.165) is 5.56 Å². The fraction of sp³-hybridized carbons (Fsp3) is 0.636. The Morgan fingerprint density at radius 3 is 2.43 bits per heavy atom. The van der Waals surface area contributed by atoms with E-state index in [1.807, 2.05) is 36.9 Å². The van der Waals surface area contributed by atoms with E-state index in [4.69, 9.17) is 0 Å². The monoisotopic (exact) mass is 197 g/mol. The van der Waals surface area contributed by atoms with Gasteiger partial charge in [-0.25, -0.2) is 0 Å². The molecule has 0 fully saturated rings. The van der Waals surface area contributed by atoms with Gasteiger partial charge < -0.3 is 14.8 Å². The summed E-state index contributed by atoms with van der Waals surface area (Å²) < 4.78 is 1.89. The predicted molar refractivity (Wildman–Crippen MR) is 55.9 cm³/mol. The average molecular weight is 197 g/mol. The molecule has 1 aromatic heterocycles. The summed E-state index contributed by atoms with van der Waals surface area (Å²) in [5.74, 6) is 0.220. The predicted octanol–water partition coefficient (Wildman–Crippen LogP) is 1.56. The van der Waals surface area contributed by atoms with Gasteiger partial charge in [0.2, 0.25) is 0 Å². The Morgan fingerprint density at radius 2 is 1.93 bits per heavy atom. The second-order valence-corrected chi connectivity index (χ2v) is 4.18. The third-order valence-corrected chi connectivity index (χ3v) is 2.22. The smallest absolute Gasteiger partial charge is 0.0827 e. The molecule has 0 amide bonds. The quantitative estimate of drug-likeness (QED) is 0.769. The fourth-order valence-corrected chi connectivity index (χ4v) is 1.44. The Balaban J connectivity index is 2.67. The van der Waals surface area contributed by atoms with Gasteiger partial charge in [-0.3, -0.25) is 0 Å². The lowest BCUT2D eigenvalue weighted by atomic mass is 10.0. The van der Waals surface area contributed by atoms with Crippen LogP contribution in [-0.2, 0) is 6.54 Å². The van der Waals surface area contributed by atoms with Gasteiger partial charge in [-0.2, -0.15) is 0 Å². The highest BCUT2D eigenvalue weighted by molar-refractivity contribution is 5.14. The summed E-state index contributed by atoms with van der Waals surface area (Å²) in [6.07, 6.45) is 3.00. The van der Waals surface area contributed by atoms with Gasteiger partial charge in [0.25, 0.3) is 0 Å². The molecule has 3 heteroatoms. The molecule has 0 aliphatic heterocycles. The Labute approximate surface area is 85.0 Å². The van der Waals surface area contributed by atoms with Gasteiger partial charge in [0.15, 0.2) is 0 Å². The summed E-state index contributed by atoms with van der Waals surface area (Å²) in [7, 11) is 0. The highest BCUT2D eigenvalue weighted by Crippen LogP contribution is 2.21. The van der Waals surface area contributed by atoms with Crippen LogP contribution < -0.4 is 0 Å². The van der Waals surface area contributed by atoms with E-state index in [1.54, 1.807) is 6.92 Å². The van der Waals surface area contributed by atoms with Crippen LogP contribution in [0.15, 0.2) is 18.5 Å². The van der Waals surface area contributed by atoms with Crippen LogP contribution in [0.25, 0.3) is 0 Å². The van der Waals surface area contributed by atoms with E-state index < -0.39 is 6.10 Å². The Hall–Kier alpha value is -0.800. The molecule has 0 saturated carbocycles. The molecule has 2 atom stereocenters. The highest BCUT2D eigenvalue weighted by Gasteiger charge is 2.13. The number of hydrogen-bond donors (Lipinski definition) is 2. The maximum atomic E-state index is 9.77. The van der Waals surface area contributed by atoms with Crippen molar-refractivity contribution in [3.8, 4) is 0 Å². The standard InChI is InChI=1S/C11H19NO2/c1-8(2)11(14)10-4-5-12(7-10)6-9(3)13/h4-5,7-9,11,13-14H,6H2,1-3H3. The van der Waals surface area contributed by atoms with Crippen molar-refractivity contribution in [3.05, 3.63) is 24.0 Å². The van der Waals surface area contributed by atoms with Crippen molar-refractivity contribution < 1.29 is 10.2 Å². The molecule has 2 N–H and O–H groups in total. The Kier molecular flexibility index (Phi) is 3.72. The van der Waals surface area contributed by atoms with Crippen molar-refractivity contribution in [1.29, 1.82) is 0 Å². The molecule has 0 aliphatic carbocycles. The van der Waals surface area contributed by atoms with Crippen molar-refractivity contribution in [2.45, 2.75) is 39.5 Å². The summed E-state index contributed by atoms with van der Waals surface area (Å²) in [4.78, 5) is 0. The Bertz CT molecular complexity index is 279. The zero-order chi connectivity index (χ0) is 10.7. The molecule has 3 nitrogen and oxygen atoms in total. The minimum Gasteiger partial charge on any atom is -0.392 e. The third-order valence-electron chi connectivity index (χ3n) is 2.22. The van der Waals surface area contributed by atoms with Gasteiger partial charge >= 0.3 is 0 Å². The number of aliphatic hydroxyl groups excluding tert-OH is 2. The number of hydrogen-bond acceptors (Lipinski definition) is 2. The van der Waals surface area contributed by atoms with E-state index in [0.29, 0.717) is 6.54 Å². The molecule has 0 spiro atoms. The molecular formula is C11H19NO2. The van der Waals surface area contributed by atoms with Crippen molar-refractivity contribution in [1.82, 2.24) is 4.57 Å². The van der Waals surface area contributed by atoms with Gasteiger partial charge in [-0.05, 0) is 24.5 Å². The first-order chi connectivity index (χ1) is 6.50. The van der Waals surface area contributed by atoms with Crippen LogP contribution in [0.1, 0.15) is 32.4 Å². The van der Waals surface area contributed by atoms with Crippen molar-refractivity contribution >= 4 is 0 Å². The largest absolute Gasteiger partial charge is 0.392 e. The number of rotatable bonds is 4. The number of aliphatic hydroxyl groups is 2. The summed E-state index contributed by atoms with van der Waals surface area (Å²) in [5.41, 5.74) is 0.917. The van der Waals surface area contributed by atoms with Crippen LogP contribution >= 0.6 is 0 Å². The van der Waals surface area contributed by atoms with Gasteiger partial charge in [-0.15, -0.1) is 0 Å². The fourth-order valence-electron chi connectivity index (χ4n) is 1.44. The van der Waals surface area contributed by atoms with Crippen LogP contribution in [0.3, 0.4) is 0 Å². The molecule has 0 bridgehead atoms. The number of nitrogens with zero attached hydrogens (tertiary/aromatic N) is 1. The lowest BCUT2D eigenvalue weighted by molar-refractivity contribution is 0.126. The topological polar surface area (TPSA) is 45.4 Å². The van der Waals surface area contributed by atoms with Gasteiger partial charge in [0, 0.05) is 18.9 Å². The van der Waals surface area contributed by atoms with Gasteiger partial charge in [-0.1, -0.05) is 13.8 Å². The van der Waals surface area contributed by atoms with E-state index in [9.17, 15) is 10.2 Å². The first-order valence-corrected chi connectivity index (χ1v) is 5.02. The summed E-state index contributed by atoms with van der Waals surface area (Å²) in [5, 5.41) is 18.9. The maximum absolute atomic E-state index is 9.77. The van der Waals surface area contributed by atoms with Crippen LogP contribution in [0.2, 0.25) is 0 Å². The molecule has 0 aromatic carbocycles. The lowest BCUT2D eigenvalue weighted by Crippen LogP contribution is -2.10. The maximum Gasteiger partial charge on any atom is 0.0827 e. The molecule has 1 aromatic rings. The molecule has 1 rings (SSSR count). The van der Waals surface area contributed by atoms with E-state index >= 15 is 0 Å². The second kappa shape index (κ2) is 4.62. The van der Waals surface area contributed by atoms with Crippen LogP contribution in [0, 0.1) is 5.92 Å². The van der Waals surface area contributed by atoms with Crippen LogP contribution in [0.4, 0.5) is 0 Å². The summed E-state index contributed by atoms with van der Waals surface area (Å²) >= 11 is 0. The molecule has 0 aliphatic rings. The molecule has 80 valence electrons. The second-order valence-electron chi connectivity index (χ2n) is 4.18. The zero-order valence-corrected chi connectivity index (χ0v) is 9.01. The van der Waals surface area contributed by atoms with E-state index in [2.05, 4.69) is 0 Å². The molecule has 14 heavy (non-hydrogen) atoms. The molecule has 2 unspecified atom stereocenters. The molecule has 0 saturated heterocycles. The van der Waals surface area contributed by atoms with Gasteiger partial charge in [0.05, 0.1) is 12.2 Å². The first-order valence-electron chi connectivity index (χ1n) is 5.02. The lowest BCUT2D eigenvalue weighted by Gasteiger charge is -2.12. The van der Waals surface area contributed by atoms with Crippen LogP contribution in [-0.4, -0.2) is 20.9 Å². The molecule has 0 radical (unpaired) electrons. The minimum absolute atomic E-state index is 0.220. The third kappa shape index (κ3) is 2.86. The summed E-state index contributed by atoms with van der Waals surface area (Å²) in [6.45, 7) is 6.29. The number of aromatic nitrogens is 1. The minimum atomic E-state index is -0.412. The van der Waals surface area contributed by atoms with Crippen molar-refractivity contribution in [2.75, 3.05) is 0 Å². The molecule has 1 heterocycles. The van der Waals surface area contributed by atoms with Crippen LogP contribution in [0.5, 0.6) is 0 Å². The molecular weight excluding hydrogens is 178 g/mol. The van der Waals surface area contributed by atoms with E-state index in [-0.39, 0.29) is 12.0 Å². The SMILES string of the molecule is CC(O)Cn1ccc(C(O)C(C)C)c1. The van der Waals surface area contributed by atoms with Gasteiger partial charge in [0.1, 0.15) is 0 Å². The average Bonchev–Trinajstić information content (AvgIpc) is 2.50. The van der Waals surface area contributed by atoms with Crippen molar-refractivity contribution in [2.24, 2.45) is 5.92 Å². The first kappa shape index (κ1) is 11.3. The highest BCUT2D eigenvalue weighted by atomic mass is 16.3.